The van der Waals surface area contributed by atoms with Crippen LogP contribution in [-0.2, 0) is 11.2 Å². The Morgan fingerprint density at radius 3 is 3.00 bits per heavy atom. The molecule has 0 saturated carbocycles. The average molecular weight is 203 g/mol. The number of amides is 1. The molecule has 3 heteroatoms. The van der Waals surface area contributed by atoms with E-state index >= 15 is 0 Å². The molecule has 1 aromatic rings. The molecule has 78 valence electrons. The molecule has 2 aliphatic heterocycles. The molecule has 0 aromatic heterocycles. The Morgan fingerprint density at radius 1 is 1.33 bits per heavy atom. The minimum absolute atomic E-state index is 0.102. The number of rotatable bonds is 0. The van der Waals surface area contributed by atoms with Crippen LogP contribution < -0.4 is 0 Å². The quantitative estimate of drug-likeness (QED) is 0.680. The normalized spacial score (nSPS) is 28.9. The van der Waals surface area contributed by atoms with Crippen molar-refractivity contribution >= 4 is 5.91 Å². The average Bonchev–Trinajstić information content (AvgIpc) is 2.56. The van der Waals surface area contributed by atoms with Gasteiger partial charge in [-0.15, -0.1) is 0 Å². The third kappa shape index (κ3) is 1.20. The summed E-state index contributed by atoms with van der Waals surface area (Å²) < 4.78 is 0. The van der Waals surface area contributed by atoms with Crippen LogP contribution >= 0.6 is 0 Å². The van der Waals surface area contributed by atoms with E-state index in [1.54, 1.807) is 0 Å². The molecule has 2 aliphatic rings. The van der Waals surface area contributed by atoms with Crippen molar-refractivity contribution < 1.29 is 9.90 Å². The fraction of sp³-hybridized carbons (Fsp3) is 0.417. The SMILES string of the molecule is O=C1C(O)CC2c3ccccc3CCN12. The highest BCUT2D eigenvalue weighted by Crippen LogP contribution is 2.37. The van der Waals surface area contributed by atoms with E-state index in [4.69, 9.17) is 0 Å². The maximum absolute atomic E-state index is 11.6. The highest BCUT2D eigenvalue weighted by atomic mass is 16.3. The molecule has 1 fully saturated rings. The second kappa shape index (κ2) is 3.07. The first kappa shape index (κ1) is 8.92. The Labute approximate surface area is 88.3 Å². The predicted octanol–water partition coefficient (Wildman–Crippen LogP) is 0.877. The molecule has 0 radical (unpaired) electrons. The fourth-order valence-corrected chi connectivity index (χ4v) is 2.67. The Kier molecular flexibility index (Phi) is 1.83. The first-order chi connectivity index (χ1) is 7.27. The van der Waals surface area contributed by atoms with Gasteiger partial charge in [0.2, 0.25) is 0 Å². The summed E-state index contributed by atoms with van der Waals surface area (Å²) in [6, 6.07) is 8.32. The topological polar surface area (TPSA) is 40.5 Å². The Hall–Kier alpha value is -1.35. The van der Waals surface area contributed by atoms with Crippen molar-refractivity contribution in [3.63, 3.8) is 0 Å². The molecular formula is C12H13NO2. The van der Waals surface area contributed by atoms with Gasteiger partial charge in [-0.05, 0) is 17.5 Å². The number of hydrogen-bond acceptors (Lipinski definition) is 2. The zero-order valence-corrected chi connectivity index (χ0v) is 8.39. The lowest BCUT2D eigenvalue weighted by Gasteiger charge is -2.31. The van der Waals surface area contributed by atoms with Gasteiger partial charge in [0.1, 0.15) is 6.10 Å². The summed E-state index contributed by atoms with van der Waals surface area (Å²) in [5, 5.41) is 9.56. The second-order valence-electron chi connectivity index (χ2n) is 4.25. The van der Waals surface area contributed by atoms with E-state index in [-0.39, 0.29) is 11.9 Å². The van der Waals surface area contributed by atoms with E-state index in [2.05, 4.69) is 12.1 Å². The number of fused-ring (bicyclic) bond motifs is 3. The summed E-state index contributed by atoms with van der Waals surface area (Å²) in [6.07, 6.45) is 0.669. The molecule has 1 amide bonds. The molecule has 3 rings (SSSR count). The van der Waals surface area contributed by atoms with Gasteiger partial charge in [-0.1, -0.05) is 24.3 Å². The van der Waals surface area contributed by atoms with Crippen LogP contribution in [0.2, 0.25) is 0 Å². The van der Waals surface area contributed by atoms with E-state index in [1.807, 2.05) is 17.0 Å². The van der Waals surface area contributed by atoms with Crippen LogP contribution in [0, 0.1) is 0 Å². The number of hydrogen-bond donors (Lipinski definition) is 1. The van der Waals surface area contributed by atoms with Gasteiger partial charge in [-0.25, -0.2) is 0 Å². The van der Waals surface area contributed by atoms with Crippen molar-refractivity contribution in [2.24, 2.45) is 0 Å². The van der Waals surface area contributed by atoms with Gasteiger partial charge in [-0.2, -0.15) is 0 Å². The molecular weight excluding hydrogens is 190 g/mol. The van der Waals surface area contributed by atoms with E-state index < -0.39 is 6.10 Å². The molecule has 1 aromatic carbocycles. The molecule has 2 unspecified atom stereocenters. The first-order valence-corrected chi connectivity index (χ1v) is 5.34. The van der Waals surface area contributed by atoms with Crippen LogP contribution in [-0.4, -0.2) is 28.6 Å². The second-order valence-corrected chi connectivity index (χ2v) is 4.25. The van der Waals surface area contributed by atoms with Crippen LogP contribution in [0.15, 0.2) is 24.3 Å². The van der Waals surface area contributed by atoms with Gasteiger partial charge in [0.05, 0.1) is 6.04 Å². The number of benzene rings is 1. The molecule has 1 saturated heterocycles. The van der Waals surface area contributed by atoms with Crippen LogP contribution in [0.3, 0.4) is 0 Å². The summed E-state index contributed by atoms with van der Waals surface area (Å²) >= 11 is 0. The number of carbonyl (C=O) groups excluding carboxylic acids is 1. The van der Waals surface area contributed by atoms with Crippen molar-refractivity contribution in [3.8, 4) is 0 Å². The highest BCUT2D eigenvalue weighted by Gasteiger charge is 2.41. The number of aliphatic hydroxyl groups excluding tert-OH is 1. The predicted molar refractivity (Wildman–Crippen MR) is 55.2 cm³/mol. The molecule has 0 bridgehead atoms. The van der Waals surface area contributed by atoms with Gasteiger partial charge >= 0.3 is 0 Å². The molecule has 15 heavy (non-hydrogen) atoms. The molecule has 0 aliphatic carbocycles. The zero-order chi connectivity index (χ0) is 10.4. The van der Waals surface area contributed by atoms with Crippen LogP contribution in [0.5, 0.6) is 0 Å². The van der Waals surface area contributed by atoms with Gasteiger partial charge in [0.15, 0.2) is 0 Å². The van der Waals surface area contributed by atoms with Crippen molar-refractivity contribution in [3.05, 3.63) is 35.4 Å². The smallest absolute Gasteiger partial charge is 0.252 e. The monoisotopic (exact) mass is 203 g/mol. The molecule has 3 nitrogen and oxygen atoms in total. The summed E-state index contributed by atoms with van der Waals surface area (Å²) in [7, 11) is 0. The lowest BCUT2D eigenvalue weighted by atomic mass is 9.93. The van der Waals surface area contributed by atoms with E-state index in [9.17, 15) is 9.90 Å². The maximum Gasteiger partial charge on any atom is 0.252 e. The Balaban J connectivity index is 2.05. The number of nitrogens with zero attached hydrogens (tertiary/aromatic N) is 1. The summed E-state index contributed by atoms with van der Waals surface area (Å²) in [5.74, 6) is -0.102. The zero-order valence-electron chi connectivity index (χ0n) is 8.39. The fourth-order valence-electron chi connectivity index (χ4n) is 2.67. The lowest BCUT2D eigenvalue weighted by molar-refractivity contribution is -0.135. The first-order valence-electron chi connectivity index (χ1n) is 5.34. The molecule has 1 N–H and O–H groups in total. The van der Waals surface area contributed by atoms with Gasteiger partial charge < -0.3 is 10.0 Å². The Bertz CT molecular complexity index is 416. The summed E-state index contributed by atoms with van der Waals surface area (Å²) in [6.45, 7) is 0.748. The molecule has 2 atom stereocenters. The minimum atomic E-state index is -0.791. The standard InChI is InChI=1S/C12H13NO2/c14-11-7-10-9-4-2-1-3-8(9)5-6-13(10)12(11)15/h1-4,10-11,14H,5-7H2. The van der Waals surface area contributed by atoms with Crippen molar-refractivity contribution in [1.29, 1.82) is 0 Å². The number of aliphatic hydroxyl groups is 1. The van der Waals surface area contributed by atoms with Gasteiger partial charge in [-0.3, -0.25) is 4.79 Å². The summed E-state index contributed by atoms with van der Waals surface area (Å²) in [4.78, 5) is 13.4. The van der Waals surface area contributed by atoms with Gasteiger partial charge in [0, 0.05) is 13.0 Å². The number of carbonyl (C=O) groups is 1. The van der Waals surface area contributed by atoms with Crippen LogP contribution in [0.4, 0.5) is 0 Å². The van der Waals surface area contributed by atoms with Gasteiger partial charge in [0.25, 0.3) is 5.91 Å². The largest absolute Gasteiger partial charge is 0.383 e. The Morgan fingerprint density at radius 2 is 2.13 bits per heavy atom. The van der Waals surface area contributed by atoms with Crippen molar-refractivity contribution in [1.82, 2.24) is 4.90 Å². The molecule has 2 heterocycles. The van der Waals surface area contributed by atoms with Crippen LogP contribution in [0.1, 0.15) is 23.6 Å². The molecule has 0 spiro atoms. The minimum Gasteiger partial charge on any atom is -0.383 e. The van der Waals surface area contributed by atoms with E-state index in [0.29, 0.717) is 6.42 Å². The van der Waals surface area contributed by atoms with Crippen molar-refractivity contribution in [2.75, 3.05) is 6.54 Å². The lowest BCUT2D eigenvalue weighted by Crippen LogP contribution is -2.35. The van der Waals surface area contributed by atoms with Crippen molar-refractivity contribution in [2.45, 2.75) is 25.0 Å². The van der Waals surface area contributed by atoms with E-state index in [1.165, 1.54) is 11.1 Å². The highest BCUT2D eigenvalue weighted by molar-refractivity contribution is 5.84. The van der Waals surface area contributed by atoms with Crippen LogP contribution in [0.25, 0.3) is 0 Å². The van der Waals surface area contributed by atoms with E-state index in [0.717, 1.165) is 13.0 Å². The third-order valence-corrected chi connectivity index (χ3v) is 3.43. The third-order valence-electron chi connectivity index (χ3n) is 3.43. The summed E-state index contributed by atoms with van der Waals surface area (Å²) in [5.41, 5.74) is 2.54. The maximum atomic E-state index is 11.6.